The summed E-state index contributed by atoms with van der Waals surface area (Å²) in [6.45, 7) is 2.24. The van der Waals surface area contributed by atoms with Crippen LogP contribution in [0, 0.1) is 0 Å². The highest BCUT2D eigenvalue weighted by atomic mass is 79.9. The first kappa shape index (κ1) is 31.6. The fourth-order valence-electron chi connectivity index (χ4n) is 5.86. The number of ether oxygens (including phenoxy) is 1. The van der Waals surface area contributed by atoms with Crippen LogP contribution in [0.4, 0.5) is 5.82 Å². The van der Waals surface area contributed by atoms with E-state index in [1.54, 1.807) is 64.2 Å². The van der Waals surface area contributed by atoms with Crippen molar-refractivity contribution in [3.63, 3.8) is 0 Å². The lowest BCUT2D eigenvalue weighted by atomic mass is 10.1. The number of benzene rings is 3. The van der Waals surface area contributed by atoms with Crippen molar-refractivity contribution in [3.8, 4) is 22.8 Å². The molecule has 5 aromatic rings. The van der Waals surface area contributed by atoms with E-state index in [0.29, 0.717) is 49.4 Å². The molecule has 1 aliphatic carbocycles. The van der Waals surface area contributed by atoms with E-state index >= 15 is 0 Å². The van der Waals surface area contributed by atoms with Gasteiger partial charge in [0.1, 0.15) is 17.3 Å². The number of halogens is 2. The molecule has 13 heteroatoms. The van der Waals surface area contributed by atoms with Crippen LogP contribution in [0.25, 0.3) is 17.1 Å². The van der Waals surface area contributed by atoms with Gasteiger partial charge in [0.25, 0.3) is 11.8 Å². The first-order valence-corrected chi connectivity index (χ1v) is 16.7. The predicted molar refractivity (Wildman–Crippen MR) is 185 cm³/mol. The number of carbonyl (C=O) groups is 2. The van der Waals surface area contributed by atoms with Crippen LogP contribution in [0.2, 0.25) is 5.02 Å². The second-order valence-electron chi connectivity index (χ2n) is 11.9. The zero-order valence-electron chi connectivity index (χ0n) is 25.9. The molecular formula is C35H31BrClN7O4. The highest BCUT2D eigenvalue weighted by molar-refractivity contribution is 9.10. The third kappa shape index (κ3) is 6.20. The van der Waals surface area contributed by atoms with Gasteiger partial charge < -0.3 is 20.7 Å². The summed E-state index contributed by atoms with van der Waals surface area (Å²) in [6, 6.07) is 20.9. The van der Waals surface area contributed by atoms with Crippen LogP contribution >= 0.6 is 27.5 Å². The van der Waals surface area contributed by atoms with E-state index in [-0.39, 0.29) is 49.1 Å². The van der Waals surface area contributed by atoms with Gasteiger partial charge in [0.05, 0.1) is 29.1 Å². The number of nitrogen functional groups attached to an aromatic ring is 1. The minimum Gasteiger partial charge on any atom is -0.490 e. The SMILES string of the molecule is C[C@@H]1Cn2c(c(C(=O)NCc3ccccc3-c3nccc(N)n3)n(-c3ccc(OC4CC4)cc3)c2=O)CN1C(=O)c1ccc(Br)c(Cl)c1. The van der Waals surface area contributed by atoms with Gasteiger partial charge in [-0.15, -0.1) is 0 Å². The number of aromatic nitrogens is 4. The van der Waals surface area contributed by atoms with E-state index in [0.717, 1.165) is 18.4 Å². The lowest BCUT2D eigenvalue weighted by molar-refractivity contribution is 0.0610. The number of hydrogen-bond donors (Lipinski definition) is 2. The maximum absolute atomic E-state index is 14.2. The molecule has 2 amide bonds. The maximum Gasteiger partial charge on any atom is 0.333 e. The van der Waals surface area contributed by atoms with Crippen LogP contribution in [-0.4, -0.2) is 48.0 Å². The number of nitrogens with two attached hydrogens (primary N) is 1. The van der Waals surface area contributed by atoms with Crippen molar-refractivity contribution in [3.05, 3.63) is 121 Å². The Hall–Kier alpha value is -4.94. The van der Waals surface area contributed by atoms with Gasteiger partial charge in [-0.1, -0.05) is 35.9 Å². The molecule has 0 saturated heterocycles. The number of carbonyl (C=O) groups excluding carboxylic acids is 2. The number of fused-ring (bicyclic) bond motifs is 1. The molecule has 0 bridgehead atoms. The van der Waals surface area contributed by atoms with E-state index in [1.807, 2.05) is 31.2 Å². The molecule has 3 N–H and O–H groups in total. The zero-order chi connectivity index (χ0) is 33.5. The molecule has 244 valence electrons. The molecule has 3 aromatic carbocycles. The van der Waals surface area contributed by atoms with Gasteiger partial charge in [-0.05, 0) is 89.8 Å². The summed E-state index contributed by atoms with van der Waals surface area (Å²) in [4.78, 5) is 52.5. The molecule has 11 nitrogen and oxygen atoms in total. The van der Waals surface area contributed by atoms with Gasteiger partial charge in [0.2, 0.25) is 0 Å². The summed E-state index contributed by atoms with van der Waals surface area (Å²) >= 11 is 9.69. The molecule has 3 heterocycles. The van der Waals surface area contributed by atoms with Crippen molar-refractivity contribution < 1.29 is 14.3 Å². The molecule has 7 rings (SSSR count). The molecule has 1 atom stereocenters. The molecule has 2 aromatic heterocycles. The summed E-state index contributed by atoms with van der Waals surface area (Å²) in [5.74, 6) is 0.727. The third-order valence-corrected chi connectivity index (χ3v) is 9.72. The largest absolute Gasteiger partial charge is 0.490 e. The molecular weight excluding hydrogens is 698 g/mol. The van der Waals surface area contributed by atoms with E-state index in [2.05, 4.69) is 31.2 Å². The lowest BCUT2D eigenvalue weighted by Crippen LogP contribution is -2.47. The number of hydrogen-bond acceptors (Lipinski definition) is 7. The molecule has 1 fully saturated rings. The molecule has 1 saturated carbocycles. The van der Waals surface area contributed by atoms with Crippen molar-refractivity contribution in [1.29, 1.82) is 0 Å². The Kier molecular flexibility index (Phi) is 8.52. The van der Waals surface area contributed by atoms with Crippen LogP contribution in [0.1, 0.15) is 51.9 Å². The number of nitrogens with one attached hydrogen (secondary N) is 1. The van der Waals surface area contributed by atoms with Crippen molar-refractivity contribution >= 4 is 45.2 Å². The minimum atomic E-state index is -0.476. The number of amides is 2. The quantitative estimate of drug-likeness (QED) is 0.212. The van der Waals surface area contributed by atoms with Crippen LogP contribution in [0.3, 0.4) is 0 Å². The Morgan fingerprint density at radius 2 is 1.85 bits per heavy atom. The van der Waals surface area contributed by atoms with Gasteiger partial charge in [0.15, 0.2) is 5.82 Å². The zero-order valence-corrected chi connectivity index (χ0v) is 28.2. The Labute approximate surface area is 289 Å². The van der Waals surface area contributed by atoms with Crippen LogP contribution < -0.4 is 21.5 Å². The number of imidazole rings is 1. The maximum atomic E-state index is 14.2. The molecule has 0 radical (unpaired) electrons. The lowest BCUT2D eigenvalue weighted by Gasteiger charge is -2.34. The normalized spacial score (nSPS) is 15.6. The fraction of sp³-hybridized carbons (Fsp3) is 0.229. The Balaban J connectivity index is 1.26. The Bertz CT molecular complexity index is 2110. The molecule has 1 aliphatic heterocycles. The summed E-state index contributed by atoms with van der Waals surface area (Å²) in [5.41, 5.74) is 8.51. The molecule has 48 heavy (non-hydrogen) atoms. The average Bonchev–Trinajstić information content (AvgIpc) is 3.86. The van der Waals surface area contributed by atoms with Crippen LogP contribution in [-0.2, 0) is 19.6 Å². The summed E-state index contributed by atoms with van der Waals surface area (Å²) in [7, 11) is 0. The summed E-state index contributed by atoms with van der Waals surface area (Å²) < 4.78 is 9.59. The van der Waals surface area contributed by atoms with Gasteiger partial charge >= 0.3 is 5.69 Å². The number of nitrogens with zero attached hydrogens (tertiary/aromatic N) is 5. The van der Waals surface area contributed by atoms with Crippen molar-refractivity contribution in [2.45, 2.75) is 51.5 Å². The van der Waals surface area contributed by atoms with Gasteiger partial charge in [0, 0.05) is 40.9 Å². The number of rotatable bonds is 8. The van der Waals surface area contributed by atoms with E-state index in [9.17, 15) is 14.4 Å². The Morgan fingerprint density at radius 3 is 2.58 bits per heavy atom. The van der Waals surface area contributed by atoms with E-state index in [1.165, 1.54) is 4.57 Å². The van der Waals surface area contributed by atoms with Crippen LogP contribution in [0.5, 0.6) is 5.75 Å². The molecule has 2 aliphatic rings. The van der Waals surface area contributed by atoms with Crippen LogP contribution in [0.15, 0.2) is 88.3 Å². The third-order valence-electron chi connectivity index (χ3n) is 8.48. The molecule has 0 unspecified atom stereocenters. The number of anilines is 1. The highest BCUT2D eigenvalue weighted by Crippen LogP contribution is 2.30. The topological polar surface area (TPSA) is 137 Å². The minimum absolute atomic E-state index is 0.0370. The summed E-state index contributed by atoms with van der Waals surface area (Å²) in [5, 5.41) is 3.42. The monoisotopic (exact) mass is 727 g/mol. The fourth-order valence-corrected chi connectivity index (χ4v) is 6.29. The standard InChI is InChI=1S/C35H31BrClN7O4/c1-20-18-43-29(19-42(20)34(46)21-6-13-27(36)28(37)16-21)31(44(35(43)47)23-7-9-24(10-8-23)48-25-11-12-25)33(45)40-17-22-4-2-3-5-26(22)32-39-15-14-30(38)41-32/h2-10,13-16,20,25H,11-12,17-19H2,1H3,(H,40,45)(H2,38,39,41)/t20-/m1/s1. The van der Waals surface area contributed by atoms with Crippen molar-refractivity contribution in [1.82, 2.24) is 29.3 Å². The average molecular weight is 729 g/mol. The first-order chi connectivity index (χ1) is 23.2. The van der Waals surface area contributed by atoms with Gasteiger partial charge in [-0.3, -0.25) is 18.7 Å². The Morgan fingerprint density at radius 1 is 1.08 bits per heavy atom. The van der Waals surface area contributed by atoms with E-state index in [4.69, 9.17) is 22.1 Å². The smallest absolute Gasteiger partial charge is 0.333 e. The molecule has 0 spiro atoms. The first-order valence-electron chi connectivity index (χ1n) is 15.5. The summed E-state index contributed by atoms with van der Waals surface area (Å²) in [6.07, 6.45) is 3.83. The van der Waals surface area contributed by atoms with E-state index < -0.39 is 5.91 Å². The van der Waals surface area contributed by atoms with Gasteiger partial charge in [-0.25, -0.2) is 14.8 Å². The predicted octanol–water partition coefficient (Wildman–Crippen LogP) is 5.61. The van der Waals surface area contributed by atoms with Crippen molar-refractivity contribution in [2.75, 3.05) is 5.73 Å². The van der Waals surface area contributed by atoms with Crippen molar-refractivity contribution in [2.24, 2.45) is 0 Å². The highest BCUT2D eigenvalue weighted by Gasteiger charge is 2.35. The second kappa shape index (κ2) is 12.9. The second-order valence-corrected chi connectivity index (χ2v) is 13.2. The van der Waals surface area contributed by atoms with Gasteiger partial charge in [-0.2, -0.15) is 0 Å².